The Morgan fingerprint density at radius 3 is 2.68 bits per heavy atom. The van der Waals surface area contributed by atoms with Crippen molar-refractivity contribution in [1.82, 2.24) is 14.8 Å². The number of morpholine rings is 1. The molecular formula is C22H28N4O2. The number of hydrogen-bond acceptors (Lipinski definition) is 5. The molecule has 2 aliphatic rings. The SMILES string of the molecule is O=C(Nc1cccc(CN2CCCC2)c1)C(c1cccnc1)N1CCOCC1. The number of aromatic nitrogens is 1. The smallest absolute Gasteiger partial charge is 0.246 e. The topological polar surface area (TPSA) is 57.7 Å². The molecule has 1 aromatic carbocycles. The standard InChI is InChI=1S/C22H28N4O2/c27-22(21(19-6-4-8-23-16-19)26-11-13-28-14-12-26)24-20-7-3-5-18(15-20)17-25-9-1-2-10-25/h3-8,15-16,21H,1-2,9-14,17H2,(H,24,27). The van der Waals surface area contributed by atoms with Crippen molar-refractivity contribution < 1.29 is 9.53 Å². The van der Waals surface area contributed by atoms with Gasteiger partial charge < -0.3 is 10.1 Å². The Morgan fingerprint density at radius 2 is 1.93 bits per heavy atom. The largest absolute Gasteiger partial charge is 0.379 e. The first-order valence-electron chi connectivity index (χ1n) is 10.1. The molecule has 3 heterocycles. The highest BCUT2D eigenvalue weighted by Gasteiger charge is 2.29. The van der Waals surface area contributed by atoms with Crippen LogP contribution in [-0.4, -0.2) is 60.1 Å². The molecule has 0 aliphatic carbocycles. The molecule has 2 saturated heterocycles. The summed E-state index contributed by atoms with van der Waals surface area (Å²) in [5.41, 5.74) is 3.00. The minimum Gasteiger partial charge on any atom is -0.379 e. The fourth-order valence-corrected chi connectivity index (χ4v) is 4.06. The average Bonchev–Trinajstić information content (AvgIpc) is 3.23. The van der Waals surface area contributed by atoms with Crippen molar-refractivity contribution in [3.63, 3.8) is 0 Å². The molecule has 1 aromatic heterocycles. The normalized spacial score (nSPS) is 19.4. The fourth-order valence-electron chi connectivity index (χ4n) is 4.06. The molecule has 148 valence electrons. The van der Waals surface area contributed by atoms with E-state index in [4.69, 9.17) is 4.74 Å². The molecular weight excluding hydrogens is 352 g/mol. The Bertz CT molecular complexity index is 771. The van der Waals surface area contributed by atoms with Crippen LogP contribution in [0.5, 0.6) is 0 Å². The second-order valence-electron chi connectivity index (χ2n) is 7.51. The summed E-state index contributed by atoms with van der Waals surface area (Å²) in [5, 5.41) is 3.14. The van der Waals surface area contributed by atoms with Gasteiger partial charge in [-0.3, -0.25) is 19.6 Å². The van der Waals surface area contributed by atoms with Gasteiger partial charge in [-0.2, -0.15) is 0 Å². The van der Waals surface area contributed by atoms with Crippen molar-refractivity contribution in [2.75, 3.05) is 44.7 Å². The first kappa shape index (κ1) is 19.1. The van der Waals surface area contributed by atoms with E-state index < -0.39 is 0 Å². The minimum atomic E-state index is -0.361. The number of carbonyl (C=O) groups is 1. The summed E-state index contributed by atoms with van der Waals surface area (Å²) in [5.74, 6) is -0.0202. The van der Waals surface area contributed by atoms with Gasteiger partial charge in [0.25, 0.3) is 0 Å². The zero-order chi connectivity index (χ0) is 19.2. The molecule has 0 radical (unpaired) electrons. The van der Waals surface area contributed by atoms with E-state index in [1.54, 1.807) is 12.4 Å². The molecule has 6 heteroatoms. The molecule has 1 atom stereocenters. The van der Waals surface area contributed by atoms with Crippen molar-refractivity contribution in [2.24, 2.45) is 0 Å². The Morgan fingerprint density at radius 1 is 1.11 bits per heavy atom. The number of rotatable bonds is 6. The second kappa shape index (κ2) is 9.28. The minimum absolute atomic E-state index is 0.0202. The van der Waals surface area contributed by atoms with Crippen LogP contribution in [0.3, 0.4) is 0 Å². The van der Waals surface area contributed by atoms with Gasteiger partial charge in [-0.15, -0.1) is 0 Å². The third-order valence-corrected chi connectivity index (χ3v) is 5.46. The number of benzene rings is 1. The Labute approximate surface area is 166 Å². The maximum Gasteiger partial charge on any atom is 0.246 e. The van der Waals surface area contributed by atoms with Crippen LogP contribution in [0.15, 0.2) is 48.8 Å². The van der Waals surface area contributed by atoms with Gasteiger partial charge in [0, 0.05) is 37.7 Å². The Hall–Kier alpha value is -2.28. The summed E-state index contributed by atoms with van der Waals surface area (Å²) in [6.45, 7) is 6.04. The van der Waals surface area contributed by atoms with E-state index >= 15 is 0 Å². The zero-order valence-electron chi connectivity index (χ0n) is 16.2. The van der Waals surface area contributed by atoms with Gasteiger partial charge >= 0.3 is 0 Å². The quantitative estimate of drug-likeness (QED) is 0.835. The number of nitrogens with one attached hydrogen (secondary N) is 1. The number of pyridine rings is 1. The summed E-state index contributed by atoms with van der Waals surface area (Å²) in [4.78, 5) is 22.1. The predicted octanol–water partition coefficient (Wildman–Crippen LogP) is 2.69. The van der Waals surface area contributed by atoms with E-state index in [9.17, 15) is 4.79 Å². The molecule has 0 saturated carbocycles. The molecule has 2 aromatic rings. The predicted molar refractivity (Wildman–Crippen MR) is 109 cm³/mol. The molecule has 0 bridgehead atoms. The highest BCUT2D eigenvalue weighted by molar-refractivity contribution is 5.95. The summed E-state index contributed by atoms with van der Waals surface area (Å²) >= 11 is 0. The Kier molecular flexibility index (Phi) is 6.31. The lowest BCUT2D eigenvalue weighted by Crippen LogP contribution is -2.43. The van der Waals surface area contributed by atoms with E-state index in [-0.39, 0.29) is 11.9 Å². The average molecular weight is 380 g/mol. The van der Waals surface area contributed by atoms with Crippen LogP contribution in [-0.2, 0) is 16.1 Å². The van der Waals surface area contributed by atoms with Gasteiger partial charge in [0.15, 0.2) is 0 Å². The number of amides is 1. The van der Waals surface area contributed by atoms with Gasteiger partial charge in [-0.25, -0.2) is 0 Å². The van der Waals surface area contributed by atoms with Crippen molar-refractivity contribution in [3.05, 3.63) is 59.9 Å². The highest BCUT2D eigenvalue weighted by Crippen LogP contribution is 2.24. The maximum absolute atomic E-state index is 13.2. The molecule has 1 amide bonds. The third-order valence-electron chi connectivity index (χ3n) is 5.46. The van der Waals surface area contributed by atoms with Gasteiger partial charge in [-0.1, -0.05) is 18.2 Å². The molecule has 2 aliphatic heterocycles. The summed E-state index contributed by atoms with van der Waals surface area (Å²) in [6, 6.07) is 11.7. The summed E-state index contributed by atoms with van der Waals surface area (Å²) in [7, 11) is 0. The molecule has 28 heavy (non-hydrogen) atoms. The highest BCUT2D eigenvalue weighted by atomic mass is 16.5. The monoisotopic (exact) mass is 380 g/mol. The third kappa shape index (κ3) is 4.76. The van der Waals surface area contributed by atoms with Crippen LogP contribution in [0.2, 0.25) is 0 Å². The number of ether oxygens (including phenoxy) is 1. The van der Waals surface area contributed by atoms with Gasteiger partial charge in [0.2, 0.25) is 5.91 Å². The first-order chi connectivity index (χ1) is 13.8. The number of nitrogens with zero attached hydrogens (tertiary/aromatic N) is 3. The molecule has 1 N–H and O–H groups in total. The molecule has 0 spiro atoms. The lowest BCUT2D eigenvalue weighted by atomic mass is 10.1. The molecule has 6 nitrogen and oxygen atoms in total. The number of likely N-dealkylation sites (tertiary alicyclic amines) is 1. The zero-order valence-corrected chi connectivity index (χ0v) is 16.2. The lowest BCUT2D eigenvalue weighted by molar-refractivity contribution is -0.123. The van der Waals surface area contributed by atoms with E-state index in [0.717, 1.165) is 44.0 Å². The van der Waals surface area contributed by atoms with Gasteiger partial charge in [0.1, 0.15) is 6.04 Å². The first-order valence-corrected chi connectivity index (χ1v) is 10.1. The van der Waals surface area contributed by atoms with Crippen LogP contribution >= 0.6 is 0 Å². The molecule has 1 unspecified atom stereocenters. The van der Waals surface area contributed by atoms with Crippen molar-refractivity contribution in [2.45, 2.75) is 25.4 Å². The van der Waals surface area contributed by atoms with E-state index in [1.165, 1.54) is 18.4 Å². The van der Waals surface area contributed by atoms with E-state index in [0.29, 0.717) is 13.2 Å². The van der Waals surface area contributed by atoms with Crippen molar-refractivity contribution in [3.8, 4) is 0 Å². The lowest BCUT2D eigenvalue weighted by Gasteiger charge is -2.33. The Balaban J connectivity index is 1.49. The summed E-state index contributed by atoms with van der Waals surface area (Å²) < 4.78 is 5.47. The van der Waals surface area contributed by atoms with Crippen LogP contribution in [0, 0.1) is 0 Å². The van der Waals surface area contributed by atoms with Crippen LogP contribution in [0.1, 0.15) is 30.0 Å². The second-order valence-corrected chi connectivity index (χ2v) is 7.51. The van der Waals surface area contributed by atoms with Crippen LogP contribution in [0.4, 0.5) is 5.69 Å². The fraction of sp³-hybridized carbons (Fsp3) is 0.455. The van der Waals surface area contributed by atoms with Crippen LogP contribution in [0.25, 0.3) is 0 Å². The van der Waals surface area contributed by atoms with Crippen molar-refractivity contribution >= 4 is 11.6 Å². The molecule has 2 fully saturated rings. The number of hydrogen-bond donors (Lipinski definition) is 1. The maximum atomic E-state index is 13.2. The van der Waals surface area contributed by atoms with Gasteiger partial charge in [-0.05, 0) is 55.3 Å². The van der Waals surface area contributed by atoms with E-state index in [1.807, 2.05) is 24.3 Å². The van der Waals surface area contributed by atoms with E-state index in [2.05, 4.69) is 32.2 Å². The van der Waals surface area contributed by atoms with Crippen molar-refractivity contribution in [1.29, 1.82) is 0 Å². The number of carbonyl (C=O) groups excluding carboxylic acids is 1. The van der Waals surface area contributed by atoms with Gasteiger partial charge in [0.05, 0.1) is 13.2 Å². The summed E-state index contributed by atoms with van der Waals surface area (Å²) in [6.07, 6.45) is 6.08. The van der Waals surface area contributed by atoms with Crippen LogP contribution < -0.4 is 5.32 Å². The number of anilines is 1. The molecule has 4 rings (SSSR count).